The Kier molecular flexibility index (Phi) is 5.89. The molecule has 1 N–H and O–H groups in total. The summed E-state index contributed by atoms with van der Waals surface area (Å²) in [5, 5.41) is 3.57. The Morgan fingerprint density at radius 2 is 2.04 bits per heavy atom. The highest BCUT2D eigenvalue weighted by molar-refractivity contribution is 9.10. The third-order valence-electron chi connectivity index (χ3n) is 4.13. The van der Waals surface area contributed by atoms with Crippen LogP contribution < -0.4 is 5.32 Å². The quantitative estimate of drug-likeness (QED) is 0.834. The fourth-order valence-corrected chi connectivity index (χ4v) is 3.38. The topological polar surface area (TPSA) is 37.6 Å². The Balaban J connectivity index is 1.63. The summed E-state index contributed by atoms with van der Waals surface area (Å²) >= 11 is 3.52. The molecular weight excluding hydrogens is 356 g/mol. The maximum atomic E-state index is 5.89. The summed E-state index contributed by atoms with van der Waals surface area (Å²) in [4.78, 5) is 2.44. The number of halogens is 1. The van der Waals surface area contributed by atoms with Crippen LogP contribution in [0, 0.1) is 6.92 Å². The van der Waals surface area contributed by atoms with E-state index in [0.29, 0.717) is 0 Å². The highest BCUT2D eigenvalue weighted by Crippen LogP contribution is 2.23. The van der Waals surface area contributed by atoms with E-state index in [1.165, 1.54) is 5.56 Å². The van der Waals surface area contributed by atoms with E-state index in [1.807, 2.05) is 19.1 Å². The van der Waals surface area contributed by atoms with Gasteiger partial charge in [0, 0.05) is 30.7 Å². The Hall–Kier alpha value is -1.14. The van der Waals surface area contributed by atoms with Crippen molar-refractivity contribution in [2.45, 2.75) is 19.5 Å². The molecule has 0 saturated carbocycles. The number of ether oxygens (including phenoxy) is 1. The number of hydrogen-bond acceptors (Lipinski definition) is 4. The average molecular weight is 379 g/mol. The fraction of sp³-hybridized carbons (Fsp3) is 0.444. The lowest BCUT2D eigenvalue weighted by atomic mass is 10.1. The predicted octanol–water partition coefficient (Wildman–Crippen LogP) is 3.51. The summed E-state index contributed by atoms with van der Waals surface area (Å²) in [7, 11) is 0. The second-order valence-electron chi connectivity index (χ2n) is 5.87. The maximum absolute atomic E-state index is 5.89. The van der Waals surface area contributed by atoms with Crippen molar-refractivity contribution in [2.75, 3.05) is 32.8 Å². The van der Waals surface area contributed by atoms with Gasteiger partial charge in [0.25, 0.3) is 0 Å². The maximum Gasteiger partial charge on any atom is 0.122 e. The standard InChI is InChI=1S/C18H23BrN2O2/c1-14-5-6-18(23-14)17(21-7-9-22-10-8-21)13-20-12-15-3-2-4-16(19)11-15/h2-6,11,17,20H,7-10,12-13H2,1H3. The molecule has 0 aliphatic carbocycles. The Bertz CT molecular complexity index is 623. The third-order valence-corrected chi connectivity index (χ3v) is 4.63. The van der Waals surface area contributed by atoms with E-state index in [4.69, 9.17) is 9.15 Å². The minimum Gasteiger partial charge on any atom is -0.465 e. The van der Waals surface area contributed by atoms with Gasteiger partial charge in [-0.15, -0.1) is 0 Å². The van der Waals surface area contributed by atoms with Gasteiger partial charge in [-0.05, 0) is 36.8 Å². The Labute approximate surface area is 145 Å². The summed E-state index contributed by atoms with van der Waals surface area (Å²) < 4.78 is 12.5. The number of aryl methyl sites for hydroxylation is 1. The number of hydrogen-bond donors (Lipinski definition) is 1. The number of nitrogens with one attached hydrogen (secondary N) is 1. The third kappa shape index (κ3) is 4.67. The van der Waals surface area contributed by atoms with Crippen molar-refractivity contribution in [3.63, 3.8) is 0 Å². The normalized spacial score (nSPS) is 17.3. The van der Waals surface area contributed by atoms with E-state index in [2.05, 4.69) is 50.4 Å². The van der Waals surface area contributed by atoms with Crippen molar-refractivity contribution in [2.24, 2.45) is 0 Å². The summed E-state index contributed by atoms with van der Waals surface area (Å²) in [5.74, 6) is 2.00. The number of rotatable bonds is 6. The fourth-order valence-electron chi connectivity index (χ4n) is 2.93. The molecule has 2 heterocycles. The van der Waals surface area contributed by atoms with Gasteiger partial charge in [0.2, 0.25) is 0 Å². The first kappa shape index (κ1) is 16.7. The molecule has 0 radical (unpaired) electrons. The molecule has 0 spiro atoms. The molecule has 1 fully saturated rings. The van der Waals surface area contributed by atoms with E-state index in [9.17, 15) is 0 Å². The van der Waals surface area contributed by atoms with E-state index >= 15 is 0 Å². The molecule has 0 bridgehead atoms. The first-order valence-electron chi connectivity index (χ1n) is 8.05. The number of morpholine rings is 1. The molecule has 0 amide bonds. The van der Waals surface area contributed by atoms with Gasteiger partial charge in [0.05, 0.1) is 19.3 Å². The average Bonchev–Trinajstić information content (AvgIpc) is 2.99. The first-order valence-corrected chi connectivity index (χ1v) is 8.85. The van der Waals surface area contributed by atoms with Crippen LogP contribution in [0.5, 0.6) is 0 Å². The minimum atomic E-state index is 0.250. The van der Waals surface area contributed by atoms with E-state index in [1.54, 1.807) is 0 Å². The number of benzene rings is 1. The summed E-state index contributed by atoms with van der Waals surface area (Å²) in [6.07, 6.45) is 0. The zero-order chi connectivity index (χ0) is 16.1. The highest BCUT2D eigenvalue weighted by atomic mass is 79.9. The van der Waals surface area contributed by atoms with Crippen LogP contribution in [0.4, 0.5) is 0 Å². The SMILES string of the molecule is Cc1ccc(C(CNCc2cccc(Br)c2)N2CCOCC2)o1. The summed E-state index contributed by atoms with van der Waals surface area (Å²) in [6, 6.07) is 12.8. The summed E-state index contributed by atoms with van der Waals surface area (Å²) in [6.45, 7) is 7.18. The zero-order valence-electron chi connectivity index (χ0n) is 13.4. The van der Waals surface area contributed by atoms with Crippen LogP contribution in [-0.2, 0) is 11.3 Å². The van der Waals surface area contributed by atoms with Crippen LogP contribution in [-0.4, -0.2) is 37.7 Å². The van der Waals surface area contributed by atoms with Crippen LogP contribution in [0.15, 0.2) is 45.3 Å². The predicted molar refractivity (Wildman–Crippen MR) is 94.4 cm³/mol. The smallest absolute Gasteiger partial charge is 0.122 e. The van der Waals surface area contributed by atoms with Crippen LogP contribution in [0.2, 0.25) is 0 Å². The minimum absolute atomic E-state index is 0.250. The highest BCUT2D eigenvalue weighted by Gasteiger charge is 2.24. The van der Waals surface area contributed by atoms with Gasteiger partial charge in [0.1, 0.15) is 11.5 Å². The first-order chi connectivity index (χ1) is 11.2. The summed E-state index contributed by atoms with van der Waals surface area (Å²) in [5.41, 5.74) is 1.27. The zero-order valence-corrected chi connectivity index (χ0v) is 15.0. The molecular formula is C18H23BrN2O2. The van der Waals surface area contributed by atoms with Gasteiger partial charge in [0.15, 0.2) is 0 Å². The van der Waals surface area contributed by atoms with Gasteiger partial charge < -0.3 is 14.5 Å². The van der Waals surface area contributed by atoms with Gasteiger partial charge >= 0.3 is 0 Å². The van der Waals surface area contributed by atoms with Crippen molar-refractivity contribution in [1.29, 1.82) is 0 Å². The molecule has 1 atom stereocenters. The van der Waals surface area contributed by atoms with Crippen LogP contribution in [0.25, 0.3) is 0 Å². The Morgan fingerprint density at radius 3 is 2.74 bits per heavy atom. The molecule has 4 nitrogen and oxygen atoms in total. The molecule has 2 aromatic rings. The van der Waals surface area contributed by atoms with E-state index in [-0.39, 0.29) is 6.04 Å². The van der Waals surface area contributed by atoms with Crippen LogP contribution >= 0.6 is 15.9 Å². The Morgan fingerprint density at radius 1 is 1.22 bits per heavy atom. The molecule has 1 aliphatic heterocycles. The lowest BCUT2D eigenvalue weighted by Crippen LogP contribution is -2.42. The second-order valence-corrected chi connectivity index (χ2v) is 6.79. The van der Waals surface area contributed by atoms with Crippen molar-refractivity contribution in [3.8, 4) is 0 Å². The molecule has 1 aromatic carbocycles. The molecule has 124 valence electrons. The van der Waals surface area contributed by atoms with Gasteiger partial charge in [-0.3, -0.25) is 4.90 Å². The molecule has 23 heavy (non-hydrogen) atoms. The van der Waals surface area contributed by atoms with Gasteiger partial charge in [-0.25, -0.2) is 0 Å². The monoisotopic (exact) mass is 378 g/mol. The van der Waals surface area contributed by atoms with E-state index < -0.39 is 0 Å². The van der Waals surface area contributed by atoms with Gasteiger partial charge in [-0.1, -0.05) is 28.1 Å². The largest absolute Gasteiger partial charge is 0.465 e. The number of nitrogens with zero attached hydrogens (tertiary/aromatic N) is 1. The number of furan rings is 1. The molecule has 5 heteroatoms. The van der Waals surface area contributed by atoms with Crippen molar-refractivity contribution < 1.29 is 9.15 Å². The van der Waals surface area contributed by atoms with Crippen LogP contribution in [0.3, 0.4) is 0 Å². The molecule has 3 rings (SSSR count). The molecule has 1 saturated heterocycles. The van der Waals surface area contributed by atoms with Crippen molar-refractivity contribution >= 4 is 15.9 Å². The van der Waals surface area contributed by atoms with E-state index in [0.717, 1.165) is 55.4 Å². The van der Waals surface area contributed by atoms with Crippen molar-refractivity contribution in [1.82, 2.24) is 10.2 Å². The lowest BCUT2D eigenvalue weighted by Gasteiger charge is -2.33. The van der Waals surface area contributed by atoms with Crippen LogP contribution in [0.1, 0.15) is 23.1 Å². The van der Waals surface area contributed by atoms with Crippen molar-refractivity contribution in [3.05, 3.63) is 58.0 Å². The molecule has 1 unspecified atom stereocenters. The lowest BCUT2D eigenvalue weighted by molar-refractivity contribution is 0.0115. The molecule has 1 aromatic heterocycles. The van der Waals surface area contributed by atoms with Gasteiger partial charge in [-0.2, -0.15) is 0 Å². The molecule has 1 aliphatic rings. The second kappa shape index (κ2) is 8.11.